The molecule has 7 heteroatoms. The number of rotatable bonds is 2. The van der Waals surface area contributed by atoms with Gasteiger partial charge in [0.1, 0.15) is 21.0 Å². The molecule has 0 amide bonds. The Morgan fingerprint density at radius 3 is 2.67 bits per heavy atom. The second-order valence-corrected chi connectivity index (χ2v) is 7.50. The maximum Gasteiger partial charge on any atom is 0.265 e. The van der Waals surface area contributed by atoms with Gasteiger partial charge in [0.25, 0.3) is 5.56 Å². The van der Waals surface area contributed by atoms with E-state index in [1.807, 2.05) is 0 Å². The third-order valence-electron chi connectivity index (χ3n) is 3.91. The van der Waals surface area contributed by atoms with E-state index in [9.17, 15) is 13.2 Å². The third-order valence-corrected chi connectivity index (χ3v) is 5.63. The fraction of sp³-hybridized carbons (Fsp3) is 0.429. The smallest absolute Gasteiger partial charge is 0.265 e. The molecule has 6 nitrogen and oxygen atoms in total. The predicted octanol–water partition coefficient (Wildman–Crippen LogP) is 1.15. The number of hydrogen-bond acceptors (Lipinski definition) is 5. The van der Waals surface area contributed by atoms with Crippen molar-refractivity contribution in [3.8, 4) is 5.75 Å². The van der Waals surface area contributed by atoms with Gasteiger partial charge in [-0.25, -0.2) is 13.4 Å². The molecule has 0 saturated carbocycles. The van der Waals surface area contributed by atoms with E-state index in [2.05, 4.69) is 4.98 Å². The molecule has 1 fully saturated rings. The van der Waals surface area contributed by atoms with Gasteiger partial charge in [-0.2, -0.15) is 0 Å². The number of hydrogen-bond donors (Lipinski definition) is 0. The first-order valence-electron chi connectivity index (χ1n) is 6.76. The lowest BCUT2D eigenvalue weighted by molar-refractivity contribution is 0.415. The van der Waals surface area contributed by atoms with Crippen molar-refractivity contribution < 1.29 is 13.2 Å². The van der Waals surface area contributed by atoms with E-state index in [0.717, 1.165) is 0 Å². The van der Waals surface area contributed by atoms with Crippen molar-refractivity contribution >= 4 is 20.7 Å². The third kappa shape index (κ3) is 2.53. The van der Waals surface area contributed by atoms with Crippen molar-refractivity contribution in [2.75, 3.05) is 18.6 Å². The molecule has 0 radical (unpaired) electrons. The van der Waals surface area contributed by atoms with Crippen LogP contribution in [0.25, 0.3) is 10.9 Å². The molecule has 0 spiro atoms. The fourth-order valence-corrected chi connectivity index (χ4v) is 4.20. The summed E-state index contributed by atoms with van der Waals surface area (Å²) in [6, 6.07) is 5.14. The molecule has 0 N–H and O–H groups in total. The summed E-state index contributed by atoms with van der Waals surface area (Å²) in [4.78, 5) is 17.0. The van der Waals surface area contributed by atoms with E-state index in [-0.39, 0.29) is 23.1 Å². The van der Waals surface area contributed by atoms with Gasteiger partial charge in [-0.3, -0.25) is 9.36 Å². The molecule has 112 valence electrons. The van der Waals surface area contributed by atoms with Crippen molar-refractivity contribution in [2.24, 2.45) is 0 Å². The Bertz CT molecular complexity index is 828. The Hall–Kier alpha value is -1.89. The SMILES string of the molecule is COc1cccc2ncn(C3CCS(=O)(=O)CC3)c(=O)c12. The monoisotopic (exact) mass is 308 g/mol. The number of benzene rings is 1. The van der Waals surface area contributed by atoms with Gasteiger partial charge in [-0.15, -0.1) is 0 Å². The molecule has 0 atom stereocenters. The first-order chi connectivity index (χ1) is 10.0. The fourth-order valence-electron chi connectivity index (χ4n) is 2.73. The lowest BCUT2D eigenvalue weighted by Crippen LogP contribution is -2.32. The molecule has 0 unspecified atom stereocenters. The Morgan fingerprint density at radius 2 is 2.00 bits per heavy atom. The molecule has 3 rings (SSSR count). The van der Waals surface area contributed by atoms with Gasteiger partial charge in [0, 0.05) is 6.04 Å². The van der Waals surface area contributed by atoms with Gasteiger partial charge in [-0.05, 0) is 25.0 Å². The van der Waals surface area contributed by atoms with Gasteiger partial charge in [0.15, 0.2) is 0 Å². The zero-order valence-corrected chi connectivity index (χ0v) is 12.5. The molecule has 1 aromatic carbocycles. The quantitative estimate of drug-likeness (QED) is 0.832. The molecule has 1 aliphatic rings. The molecule has 2 aromatic rings. The molecular weight excluding hydrogens is 292 g/mol. The van der Waals surface area contributed by atoms with Crippen molar-refractivity contribution in [2.45, 2.75) is 18.9 Å². The minimum Gasteiger partial charge on any atom is -0.496 e. The largest absolute Gasteiger partial charge is 0.496 e. The van der Waals surface area contributed by atoms with Crippen LogP contribution in [0.5, 0.6) is 5.75 Å². The molecule has 2 heterocycles. The Morgan fingerprint density at radius 1 is 1.29 bits per heavy atom. The van der Waals surface area contributed by atoms with Crippen molar-refractivity contribution in [3.63, 3.8) is 0 Å². The molecule has 0 aliphatic carbocycles. The van der Waals surface area contributed by atoms with E-state index in [1.165, 1.54) is 13.4 Å². The summed E-state index contributed by atoms with van der Waals surface area (Å²) < 4.78 is 29.8. The number of sulfone groups is 1. The highest BCUT2D eigenvalue weighted by Crippen LogP contribution is 2.25. The maximum atomic E-state index is 12.7. The molecule has 1 aromatic heterocycles. The first kappa shape index (κ1) is 14.1. The standard InChI is InChI=1S/C14H16N2O4S/c1-20-12-4-2-3-11-13(12)14(17)16(9-15-11)10-5-7-21(18,19)8-6-10/h2-4,9-10H,5-8H2,1H3. The summed E-state index contributed by atoms with van der Waals surface area (Å²) in [6.45, 7) is 0. The number of fused-ring (bicyclic) bond motifs is 1. The lowest BCUT2D eigenvalue weighted by atomic mass is 10.1. The van der Waals surface area contributed by atoms with Crippen molar-refractivity contribution in [1.29, 1.82) is 0 Å². The van der Waals surface area contributed by atoms with Gasteiger partial charge >= 0.3 is 0 Å². The van der Waals surface area contributed by atoms with Crippen LogP contribution < -0.4 is 10.3 Å². The van der Waals surface area contributed by atoms with E-state index in [4.69, 9.17) is 4.74 Å². The molecular formula is C14H16N2O4S. The van der Waals surface area contributed by atoms with Gasteiger partial charge in [0.2, 0.25) is 0 Å². The second kappa shape index (κ2) is 5.14. The van der Waals surface area contributed by atoms with E-state index >= 15 is 0 Å². The number of ether oxygens (including phenoxy) is 1. The van der Waals surface area contributed by atoms with Crippen LogP contribution in [-0.2, 0) is 9.84 Å². The maximum absolute atomic E-state index is 12.7. The van der Waals surface area contributed by atoms with Crippen LogP contribution in [0.1, 0.15) is 18.9 Å². The Labute approximate surface area is 122 Å². The number of methoxy groups -OCH3 is 1. The van der Waals surface area contributed by atoms with E-state index in [1.54, 1.807) is 22.8 Å². The van der Waals surface area contributed by atoms with E-state index in [0.29, 0.717) is 29.5 Å². The summed E-state index contributed by atoms with van der Waals surface area (Å²) in [5.74, 6) is 0.727. The molecule has 1 saturated heterocycles. The first-order valence-corrected chi connectivity index (χ1v) is 8.58. The minimum absolute atomic E-state index is 0.119. The predicted molar refractivity (Wildman–Crippen MR) is 79.5 cm³/mol. The van der Waals surface area contributed by atoms with Crippen molar-refractivity contribution in [3.05, 3.63) is 34.9 Å². The van der Waals surface area contributed by atoms with Crippen LogP contribution in [-0.4, -0.2) is 36.6 Å². The van der Waals surface area contributed by atoms with Crippen LogP contribution in [0.3, 0.4) is 0 Å². The van der Waals surface area contributed by atoms with Crippen LogP contribution in [0.15, 0.2) is 29.3 Å². The highest BCUT2D eigenvalue weighted by Gasteiger charge is 2.26. The lowest BCUT2D eigenvalue weighted by Gasteiger charge is -2.24. The zero-order valence-electron chi connectivity index (χ0n) is 11.7. The molecule has 21 heavy (non-hydrogen) atoms. The topological polar surface area (TPSA) is 78.3 Å². The van der Waals surface area contributed by atoms with Crippen LogP contribution in [0.4, 0.5) is 0 Å². The van der Waals surface area contributed by atoms with Crippen LogP contribution in [0.2, 0.25) is 0 Å². The Kier molecular flexibility index (Phi) is 3.44. The summed E-state index contributed by atoms with van der Waals surface area (Å²) >= 11 is 0. The second-order valence-electron chi connectivity index (χ2n) is 5.19. The van der Waals surface area contributed by atoms with E-state index < -0.39 is 9.84 Å². The average molecular weight is 308 g/mol. The Balaban J connectivity index is 2.09. The minimum atomic E-state index is -2.95. The molecule has 1 aliphatic heterocycles. The summed E-state index contributed by atoms with van der Waals surface area (Å²) in [6.07, 6.45) is 2.40. The van der Waals surface area contributed by atoms with Gasteiger partial charge in [0.05, 0.1) is 30.5 Å². The van der Waals surface area contributed by atoms with Crippen LogP contribution in [0, 0.1) is 0 Å². The van der Waals surface area contributed by atoms with Crippen molar-refractivity contribution in [1.82, 2.24) is 9.55 Å². The molecule has 0 bridgehead atoms. The highest BCUT2D eigenvalue weighted by atomic mass is 32.2. The normalized spacial score (nSPS) is 18.7. The summed E-state index contributed by atoms with van der Waals surface area (Å²) in [5.41, 5.74) is 0.403. The highest BCUT2D eigenvalue weighted by molar-refractivity contribution is 7.91. The number of nitrogens with zero attached hydrogens (tertiary/aromatic N) is 2. The zero-order chi connectivity index (χ0) is 15.0. The average Bonchev–Trinajstić information content (AvgIpc) is 2.48. The number of aromatic nitrogens is 2. The van der Waals surface area contributed by atoms with Gasteiger partial charge < -0.3 is 4.74 Å². The summed E-state index contributed by atoms with van der Waals surface area (Å²) in [7, 11) is -1.44. The summed E-state index contributed by atoms with van der Waals surface area (Å²) in [5, 5.41) is 0.441. The van der Waals surface area contributed by atoms with Gasteiger partial charge in [-0.1, -0.05) is 6.07 Å². The van der Waals surface area contributed by atoms with Crippen LogP contribution >= 0.6 is 0 Å².